The van der Waals surface area contributed by atoms with Crippen LogP contribution in [0.1, 0.15) is 62.0 Å². The molecule has 182 valence electrons. The predicted octanol–water partition coefficient (Wildman–Crippen LogP) is 3.50. The molecule has 0 aliphatic heterocycles. The van der Waals surface area contributed by atoms with Crippen LogP contribution in [-0.4, -0.2) is 26.6 Å². The van der Waals surface area contributed by atoms with Crippen LogP contribution in [0.5, 0.6) is 0 Å². The van der Waals surface area contributed by atoms with Gasteiger partial charge in [0.2, 0.25) is 0 Å². The van der Waals surface area contributed by atoms with Gasteiger partial charge in [-0.2, -0.15) is 5.10 Å². The number of carbonyl (C=O) groups is 2. The Kier molecular flexibility index (Phi) is 6.25. The van der Waals surface area contributed by atoms with E-state index in [0.29, 0.717) is 30.6 Å². The number of nitrogens with one attached hydrogen (secondary N) is 2. The van der Waals surface area contributed by atoms with Crippen molar-refractivity contribution >= 4 is 11.8 Å². The van der Waals surface area contributed by atoms with Crippen molar-refractivity contribution in [3.8, 4) is 11.3 Å². The standard InChI is InChI=1S/C28H27N5O3/c1-17-10-12-19(13-11-17)25-22(16-33(32-25)15-18-6-3-2-4-7-18)28(36)31-24-9-5-8-23-20(24)14-21(26(29)34)27(35)30-23/h2-4,6-7,10-14,16,24H,5,8-9,15H2,1H3,(H2,29,34)(H,30,35)(H,31,36). The summed E-state index contributed by atoms with van der Waals surface area (Å²) in [5.74, 6) is -1.06. The molecule has 8 nitrogen and oxygen atoms in total. The number of amides is 2. The molecule has 2 aromatic carbocycles. The summed E-state index contributed by atoms with van der Waals surface area (Å²) in [5, 5.41) is 7.87. The van der Waals surface area contributed by atoms with Gasteiger partial charge in [0.05, 0.1) is 18.2 Å². The zero-order valence-corrected chi connectivity index (χ0v) is 20.0. The van der Waals surface area contributed by atoms with Crippen molar-refractivity contribution in [2.75, 3.05) is 0 Å². The summed E-state index contributed by atoms with van der Waals surface area (Å²) in [6.45, 7) is 2.54. The number of benzene rings is 2. The number of rotatable bonds is 6. The number of aryl methyl sites for hydroxylation is 2. The van der Waals surface area contributed by atoms with Gasteiger partial charge in [-0.15, -0.1) is 0 Å². The molecule has 2 amide bonds. The minimum absolute atomic E-state index is 0.106. The van der Waals surface area contributed by atoms with E-state index in [1.807, 2.05) is 61.5 Å². The smallest absolute Gasteiger partial charge is 0.261 e. The molecule has 0 saturated carbocycles. The van der Waals surface area contributed by atoms with Crippen molar-refractivity contribution < 1.29 is 9.59 Å². The Morgan fingerprint density at radius 2 is 1.86 bits per heavy atom. The summed E-state index contributed by atoms with van der Waals surface area (Å²) in [6.07, 6.45) is 3.91. The molecular formula is C28H27N5O3. The summed E-state index contributed by atoms with van der Waals surface area (Å²) >= 11 is 0. The lowest BCUT2D eigenvalue weighted by Crippen LogP contribution is -2.34. The molecule has 0 spiro atoms. The van der Waals surface area contributed by atoms with E-state index in [1.54, 1.807) is 10.9 Å². The quantitative estimate of drug-likeness (QED) is 0.390. The lowest BCUT2D eigenvalue weighted by Gasteiger charge is -2.26. The molecular weight excluding hydrogens is 454 g/mol. The molecule has 1 aliphatic carbocycles. The first-order valence-electron chi connectivity index (χ1n) is 11.9. The Morgan fingerprint density at radius 1 is 1.11 bits per heavy atom. The van der Waals surface area contributed by atoms with Gasteiger partial charge in [-0.3, -0.25) is 19.1 Å². The van der Waals surface area contributed by atoms with E-state index < -0.39 is 11.5 Å². The fourth-order valence-electron chi connectivity index (χ4n) is 4.67. The van der Waals surface area contributed by atoms with Crippen molar-refractivity contribution in [2.45, 2.75) is 38.8 Å². The molecule has 2 heterocycles. The van der Waals surface area contributed by atoms with E-state index >= 15 is 0 Å². The van der Waals surface area contributed by atoms with Crippen LogP contribution in [0, 0.1) is 6.92 Å². The summed E-state index contributed by atoms with van der Waals surface area (Å²) < 4.78 is 1.77. The predicted molar refractivity (Wildman–Crippen MR) is 137 cm³/mol. The monoisotopic (exact) mass is 481 g/mol. The zero-order chi connectivity index (χ0) is 25.2. The van der Waals surface area contributed by atoms with Crippen molar-refractivity contribution in [3.05, 3.63) is 111 Å². The molecule has 0 fully saturated rings. The SMILES string of the molecule is Cc1ccc(-c2nn(Cc3ccccc3)cc2C(=O)NC2CCCc3[nH]c(=O)c(C(N)=O)cc32)cc1. The second kappa shape index (κ2) is 9.65. The van der Waals surface area contributed by atoms with E-state index in [2.05, 4.69) is 10.3 Å². The fraction of sp³-hybridized carbons (Fsp3) is 0.214. The summed E-state index contributed by atoms with van der Waals surface area (Å²) in [7, 11) is 0. The minimum atomic E-state index is -0.793. The normalized spacial score (nSPS) is 14.8. The van der Waals surface area contributed by atoms with E-state index in [1.165, 1.54) is 6.07 Å². The largest absolute Gasteiger partial charge is 0.365 e. The first-order valence-corrected chi connectivity index (χ1v) is 11.9. The maximum atomic E-state index is 13.6. The van der Waals surface area contributed by atoms with Crippen LogP contribution in [0.3, 0.4) is 0 Å². The summed E-state index contributed by atoms with van der Waals surface area (Å²) in [6, 6.07) is 19.0. The second-order valence-corrected chi connectivity index (χ2v) is 9.17. The van der Waals surface area contributed by atoms with Crippen LogP contribution >= 0.6 is 0 Å². The molecule has 0 bridgehead atoms. The number of nitrogens with zero attached hydrogens (tertiary/aromatic N) is 2. The Morgan fingerprint density at radius 3 is 2.58 bits per heavy atom. The molecule has 2 aromatic heterocycles. The van der Waals surface area contributed by atoms with E-state index in [-0.39, 0.29) is 17.5 Å². The number of H-pyrrole nitrogens is 1. The van der Waals surface area contributed by atoms with Crippen molar-refractivity contribution in [1.82, 2.24) is 20.1 Å². The van der Waals surface area contributed by atoms with E-state index in [9.17, 15) is 14.4 Å². The average molecular weight is 482 g/mol. The molecule has 5 rings (SSSR count). The van der Waals surface area contributed by atoms with Gasteiger partial charge in [0.1, 0.15) is 11.3 Å². The first kappa shape index (κ1) is 23.3. The third-order valence-electron chi connectivity index (χ3n) is 6.54. The molecule has 1 unspecified atom stereocenters. The Hall–Kier alpha value is -4.46. The van der Waals surface area contributed by atoms with Gasteiger partial charge in [-0.1, -0.05) is 60.2 Å². The van der Waals surface area contributed by atoms with Crippen molar-refractivity contribution in [3.63, 3.8) is 0 Å². The Labute approximate surface area is 208 Å². The maximum absolute atomic E-state index is 13.6. The summed E-state index contributed by atoms with van der Waals surface area (Å²) in [4.78, 5) is 40.3. The highest BCUT2D eigenvalue weighted by Gasteiger charge is 2.27. The molecule has 4 N–H and O–H groups in total. The highest BCUT2D eigenvalue weighted by molar-refractivity contribution is 6.00. The van der Waals surface area contributed by atoms with Crippen LogP contribution in [0.25, 0.3) is 11.3 Å². The molecule has 0 saturated heterocycles. The second-order valence-electron chi connectivity index (χ2n) is 9.17. The highest BCUT2D eigenvalue weighted by atomic mass is 16.2. The van der Waals surface area contributed by atoms with Crippen LogP contribution in [-0.2, 0) is 13.0 Å². The van der Waals surface area contributed by atoms with E-state index in [0.717, 1.165) is 34.4 Å². The van der Waals surface area contributed by atoms with Crippen LogP contribution in [0.4, 0.5) is 0 Å². The number of nitrogens with two attached hydrogens (primary N) is 1. The minimum Gasteiger partial charge on any atom is -0.365 e. The number of carbonyl (C=O) groups excluding carboxylic acids is 2. The topological polar surface area (TPSA) is 123 Å². The number of hydrogen-bond donors (Lipinski definition) is 3. The lowest BCUT2D eigenvalue weighted by molar-refractivity contribution is 0.0933. The highest BCUT2D eigenvalue weighted by Crippen LogP contribution is 2.30. The number of pyridine rings is 1. The third-order valence-corrected chi connectivity index (χ3v) is 6.54. The number of fused-ring (bicyclic) bond motifs is 1. The van der Waals surface area contributed by atoms with Gasteiger partial charge < -0.3 is 16.0 Å². The van der Waals surface area contributed by atoms with Gasteiger partial charge in [0.15, 0.2) is 0 Å². The van der Waals surface area contributed by atoms with Gasteiger partial charge in [-0.25, -0.2) is 0 Å². The van der Waals surface area contributed by atoms with Gasteiger partial charge in [0.25, 0.3) is 17.4 Å². The van der Waals surface area contributed by atoms with Gasteiger partial charge in [-0.05, 0) is 43.4 Å². The van der Waals surface area contributed by atoms with Crippen molar-refractivity contribution in [2.24, 2.45) is 5.73 Å². The third kappa shape index (κ3) is 4.70. The molecule has 1 aliphatic rings. The van der Waals surface area contributed by atoms with Crippen LogP contribution in [0.15, 0.2) is 71.7 Å². The number of aromatic amines is 1. The molecule has 36 heavy (non-hydrogen) atoms. The number of hydrogen-bond acceptors (Lipinski definition) is 4. The molecule has 8 heteroatoms. The number of primary amides is 1. The lowest BCUT2D eigenvalue weighted by atomic mass is 9.90. The van der Waals surface area contributed by atoms with Gasteiger partial charge >= 0.3 is 0 Å². The van der Waals surface area contributed by atoms with Crippen LogP contribution in [0.2, 0.25) is 0 Å². The first-order chi connectivity index (χ1) is 17.4. The Bertz CT molecular complexity index is 1490. The maximum Gasteiger partial charge on any atom is 0.261 e. The van der Waals surface area contributed by atoms with E-state index in [4.69, 9.17) is 10.8 Å². The van der Waals surface area contributed by atoms with Crippen molar-refractivity contribution in [1.29, 1.82) is 0 Å². The molecule has 1 atom stereocenters. The zero-order valence-electron chi connectivity index (χ0n) is 20.0. The molecule has 0 radical (unpaired) electrons. The number of aromatic nitrogens is 3. The molecule has 4 aromatic rings. The summed E-state index contributed by atoms with van der Waals surface area (Å²) in [5.41, 5.74) is 10.3. The Balaban J connectivity index is 1.49. The fourth-order valence-corrected chi connectivity index (χ4v) is 4.67. The van der Waals surface area contributed by atoms with Crippen LogP contribution < -0.4 is 16.6 Å². The van der Waals surface area contributed by atoms with Gasteiger partial charge in [0, 0.05) is 17.5 Å². The average Bonchev–Trinajstić information content (AvgIpc) is 3.28.